The van der Waals surface area contributed by atoms with E-state index in [-0.39, 0.29) is 5.41 Å². The molecule has 4 nitrogen and oxygen atoms in total. The monoisotopic (exact) mass is 484 g/mol. The van der Waals surface area contributed by atoms with Gasteiger partial charge in [0.15, 0.2) is 11.2 Å². The smallest absolute Gasteiger partial charge is 0.187 e. The van der Waals surface area contributed by atoms with Gasteiger partial charge in [-0.2, -0.15) is 0 Å². The van der Waals surface area contributed by atoms with Crippen LogP contribution in [0, 0.1) is 15.9 Å². The summed E-state index contributed by atoms with van der Waals surface area (Å²) in [7, 11) is 0. The molecular weight excluding hydrogens is 451 g/mol. The number of likely N-dealkylation sites (tertiary alicyclic amines) is 2. The highest BCUT2D eigenvalue weighted by Crippen LogP contribution is 2.37. The molecule has 0 amide bonds. The lowest BCUT2D eigenvalue weighted by Crippen LogP contribution is -3.18. The van der Waals surface area contributed by atoms with Crippen molar-refractivity contribution in [1.29, 1.82) is 0 Å². The first-order chi connectivity index (χ1) is 13.1. The molecule has 0 aliphatic carbocycles. The summed E-state index contributed by atoms with van der Waals surface area (Å²) in [6, 6.07) is 4.18. The zero-order chi connectivity index (χ0) is 18.9. The standard InChI is InChI=1S/C22H31IN2O2/c1-17-12-18-20(19(23)13-17)27-16-22(21(18)26,14-24-8-4-2-5-9-24)15-25-10-6-3-7-11-25/h12-13H,2-11,14-16H2,1H3/p+2. The number of ketones is 1. The van der Waals surface area contributed by atoms with Crippen LogP contribution in [0.25, 0.3) is 0 Å². The molecule has 2 saturated heterocycles. The molecule has 148 valence electrons. The Labute approximate surface area is 176 Å². The molecule has 4 rings (SSSR count). The van der Waals surface area contributed by atoms with Gasteiger partial charge in [-0.05, 0) is 85.7 Å². The highest BCUT2D eigenvalue weighted by molar-refractivity contribution is 14.1. The number of Topliss-reactive ketones (excluding diaryl/α,β-unsaturated/α-hetero) is 1. The molecule has 0 saturated carbocycles. The van der Waals surface area contributed by atoms with Gasteiger partial charge in [-0.15, -0.1) is 0 Å². The maximum absolute atomic E-state index is 13.9. The van der Waals surface area contributed by atoms with E-state index < -0.39 is 0 Å². The van der Waals surface area contributed by atoms with Crippen molar-refractivity contribution in [3.63, 3.8) is 0 Å². The van der Waals surface area contributed by atoms with Crippen LogP contribution >= 0.6 is 22.6 Å². The molecule has 3 heterocycles. The van der Waals surface area contributed by atoms with Crippen molar-refractivity contribution in [3.05, 3.63) is 26.8 Å². The van der Waals surface area contributed by atoms with Crippen LogP contribution < -0.4 is 14.5 Å². The molecule has 0 unspecified atom stereocenters. The molecule has 5 heteroatoms. The van der Waals surface area contributed by atoms with Crippen LogP contribution in [0.4, 0.5) is 0 Å². The minimum absolute atomic E-state index is 0.349. The number of carbonyl (C=O) groups is 1. The fourth-order valence-corrected chi connectivity index (χ4v) is 6.28. The lowest BCUT2D eigenvalue weighted by Gasteiger charge is -2.41. The number of quaternary nitrogens is 2. The Morgan fingerprint density at radius 3 is 2.07 bits per heavy atom. The number of nitrogens with one attached hydrogen (secondary N) is 2. The lowest BCUT2D eigenvalue weighted by atomic mass is 9.77. The molecule has 2 fully saturated rings. The van der Waals surface area contributed by atoms with Crippen molar-refractivity contribution in [3.8, 4) is 5.75 Å². The number of piperidine rings is 2. The van der Waals surface area contributed by atoms with Gasteiger partial charge >= 0.3 is 0 Å². The fourth-order valence-electron chi connectivity index (χ4n) is 5.35. The second kappa shape index (κ2) is 8.37. The zero-order valence-corrected chi connectivity index (χ0v) is 18.7. The summed E-state index contributed by atoms with van der Waals surface area (Å²) in [6.07, 6.45) is 7.88. The second-order valence-electron chi connectivity index (χ2n) is 9.00. The average Bonchev–Trinajstić information content (AvgIpc) is 2.67. The number of hydrogen-bond donors (Lipinski definition) is 2. The fraction of sp³-hybridized carbons (Fsp3) is 0.682. The molecule has 3 aliphatic heterocycles. The van der Waals surface area contributed by atoms with Crippen molar-refractivity contribution in [2.24, 2.45) is 5.41 Å². The van der Waals surface area contributed by atoms with Crippen LogP contribution in [0.2, 0.25) is 0 Å². The van der Waals surface area contributed by atoms with Crippen molar-refractivity contribution in [1.82, 2.24) is 0 Å². The number of benzene rings is 1. The van der Waals surface area contributed by atoms with Crippen molar-refractivity contribution < 1.29 is 19.3 Å². The highest BCUT2D eigenvalue weighted by Gasteiger charge is 2.51. The Hall–Kier alpha value is -0.660. The topological polar surface area (TPSA) is 35.2 Å². The third-order valence-electron chi connectivity index (χ3n) is 6.71. The van der Waals surface area contributed by atoms with Gasteiger partial charge in [0.1, 0.15) is 12.4 Å². The Morgan fingerprint density at radius 2 is 1.52 bits per heavy atom. The molecule has 3 aliphatic rings. The van der Waals surface area contributed by atoms with Crippen LogP contribution in [0.5, 0.6) is 5.75 Å². The van der Waals surface area contributed by atoms with E-state index in [4.69, 9.17) is 4.74 Å². The Morgan fingerprint density at radius 1 is 0.963 bits per heavy atom. The summed E-state index contributed by atoms with van der Waals surface area (Å²) in [4.78, 5) is 17.1. The molecular formula is C22H33IN2O2+2. The zero-order valence-electron chi connectivity index (χ0n) is 16.5. The summed E-state index contributed by atoms with van der Waals surface area (Å²) < 4.78 is 7.39. The molecule has 2 N–H and O–H groups in total. The van der Waals surface area contributed by atoms with E-state index in [1.165, 1.54) is 64.7 Å². The number of hydrogen-bond acceptors (Lipinski definition) is 2. The number of halogens is 1. The van der Waals surface area contributed by atoms with Crippen LogP contribution in [-0.2, 0) is 0 Å². The van der Waals surface area contributed by atoms with Gasteiger partial charge in [-0.3, -0.25) is 4.79 Å². The van der Waals surface area contributed by atoms with Crippen molar-refractivity contribution in [2.45, 2.75) is 45.4 Å². The number of ether oxygens (including phenoxy) is 1. The van der Waals surface area contributed by atoms with E-state index in [2.05, 4.69) is 41.6 Å². The third-order valence-corrected chi connectivity index (χ3v) is 7.51. The van der Waals surface area contributed by atoms with Crippen molar-refractivity contribution >= 4 is 28.4 Å². The second-order valence-corrected chi connectivity index (χ2v) is 10.2. The average molecular weight is 484 g/mol. The summed E-state index contributed by atoms with van der Waals surface area (Å²) in [5, 5.41) is 0. The first-order valence-electron chi connectivity index (χ1n) is 10.7. The van der Waals surface area contributed by atoms with E-state index in [9.17, 15) is 4.79 Å². The first-order valence-corrected chi connectivity index (χ1v) is 11.8. The first kappa shape index (κ1) is 19.6. The molecule has 1 aromatic carbocycles. The van der Waals surface area contributed by atoms with Gasteiger partial charge in [0.25, 0.3) is 0 Å². The number of fused-ring (bicyclic) bond motifs is 1. The van der Waals surface area contributed by atoms with Gasteiger partial charge in [0, 0.05) is 0 Å². The SMILES string of the molecule is Cc1cc(I)c2c(c1)C(=O)C(C[NH+]1CCCCC1)(C[NH+]1CCCCC1)CO2. The molecule has 0 aromatic heterocycles. The van der Waals surface area contributed by atoms with Gasteiger partial charge in [0.05, 0.1) is 48.4 Å². The highest BCUT2D eigenvalue weighted by atomic mass is 127. The predicted octanol–water partition coefficient (Wildman–Crippen LogP) is 1.30. The van der Waals surface area contributed by atoms with Gasteiger partial charge in [-0.1, -0.05) is 0 Å². The minimum Gasteiger partial charge on any atom is -0.490 e. The number of aryl methyl sites for hydroxylation is 1. The summed E-state index contributed by atoms with van der Waals surface area (Å²) in [5.41, 5.74) is 1.63. The molecule has 0 bridgehead atoms. The van der Waals surface area contributed by atoms with Gasteiger partial charge < -0.3 is 14.5 Å². The van der Waals surface area contributed by atoms with Crippen LogP contribution in [0.3, 0.4) is 0 Å². The predicted molar refractivity (Wildman–Crippen MR) is 115 cm³/mol. The number of carbonyl (C=O) groups excluding carboxylic acids is 1. The van der Waals surface area contributed by atoms with Crippen LogP contribution in [-0.4, -0.2) is 51.7 Å². The Balaban J connectivity index is 1.65. The van der Waals surface area contributed by atoms with Crippen molar-refractivity contribution in [2.75, 3.05) is 45.9 Å². The van der Waals surface area contributed by atoms with E-state index >= 15 is 0 Å². The Bertz CT molecular complexity index is 674. The third kappa shape index (κ3) is 4.20. The normalized spacial score (nSPS) is 23.7. The molecule has 1 aromatic rings. The summed E-state index contributed by atoms with van der Waals surface area (Å²) >= 11 is 2.31. The lowest BCUT2D eigenvalue weighted by molar-refractivity contribution is -0.933. The number of rotatable bonds is 4. The van der Waals surface area contributed by atoms with Crippen LogP contribution in [0.15, 0.2) is 12.1 Å². The quantitative estimate of drug-likeness (QED) is 0.633. The molecule has 0 radical (unpaired) electrons. The largest absolute Gasteiger partial charge is 0.490 e. The van der Waals surface area contributed by atoms with E-state index in [1.54, 1.807) is 9.80 Å². The molecule has 27 heavy (non-hydrogen) atoms. The van der Waals surface area contributed by atoms with Gasteiger partial charge in [-0.25, -0.2) is 0 Å². The maximum atomic E-state index is 13.9. The molecule has 0 spiro atoms. The summed E-state index contributed by atoms with van der Waals surface area (Å²) in [6.45, 7) is 9.37. The molecule has 0 atom stereocenters. The summed E-state index contributed by atoms with van der Waals surface area (Å²) in [5.74, 6) is 1.17. The Kier molecular flexibility index (Phi) is 6.09. The van der Waals surface area contributed by atoms with E-state index in [0.717, 1.165) is 33.5 Å². The van der Waals surface area contributed by atoms with E-state index in [1.807, 2.05) is 0 Å². The maximum Gasteiger partial charge on any atom is 0.187 e. The van der Waals surface area contributed by atoms with E-state index in [0.29, 0.717) is 12.4 Å². The van der Waals surface area contributed by atoms with Gasteiger partial charge in [0.2, 0.25) is 0 Å². The van der Waals surface area contributed by atoms with Crippen LogP contribution in [0.1, 0.15) is 54.4 Å². The minimum atomic E-state index is -0.358.